The van der Waals surface area contributed by atoms with Crippen LogP contribution in [0.3, 0.4) is 0 Å². The summed E-state index contributed by atoms with van der Waals surface area (Å²) >= 11 is 1.92. The number of fused-ring (bicyclic) bond motifs is 12. The van der Waals surface area contributed by atoms with Crippen LogP contribution in [0.2, 0.25) is 0 Å². The minimum absolute atomic E-state index is 0.00929. The van der Waals surface area contributed by atoms with E-state index in [0.717, 1.165) is 11.4 Å². The van der Waals surface area contributed by atoms with E-state index in [0.29, 0.717) is 11.8 Å². The molecule has 11 rings (SSSR count). The molecule has 9 aromatic rings. The Morgan fingerprint density at radius 2 is 1.21 bits per heavy atom. The van der Waals surface area contributed by atoms with E-state index < -0.39 is 0 Å². The first kappa shape index (κ1) is 30.1. The van der Waals surface area contributed by atoms with Gasteiger partial charge >= 0.3 is 0 Å². The minimum Gasteiger partial charge on any atom is -0.359 e. The lowest BCUT2D eigenvalue weighted by atomic mass is 9.76. The van der Waals surface area contributed by atoms with E-state index in [1.807, 2.05) is 11.3 Å². The van der Waals surface area contributed by atoms with Crippen molar-refractivity contribution in [3.05, 3.63) is 156 Å². The van der Waals surface area contributed by atoms with Gasteiger partial charge in [-0.25, -0.2) is 0 Å². The Bertz CT molecular complexity index is 2900. The van der Waals surface area contributed by atoms with E-state index in [1.54, 1.807) is 0 Å². The van der Waals surface area contributed by atoms with Crippen LogP contribution in [0, 0.1) is 5.92 Å². The first-order valence-electron chi connectivity index (χ1n) is 18.5. The molecule has 0 spiro atoms. The smallest absolute Gasteiger partial charge is 0.130 e. The molecule has 0 saturated heterocycles. The molecule has 252 valence electrons. The molecule has 4 heteroatoms. The Kier molecular flexibility index (Phi) is 6.20. The molecular weight excluding hydrogens is 651 g/mol. The highest BCUT2D eigenvalue weighted by molar-refractivity contribution is 7.26. The normalized spacial score (nSPS) is 19.2. The Labute approximate surface area is 307 Å². The number of rotatable bonds is 3. The molecule has 0 bridgehead atoms. The van der Waals surface area contributed by atoms with Crippen LogP contribution in [0.15, 0.2) is 140 Å². The third kappa shape index (κ3) is 3.96. The van der Waals surface area contributed by atoms with Gasteiger partial charge in [-0.1, -0.05) is 125 Å². The van der Waals surface area contributed by atoms with Gasteiger partial charge in [0.05, 0.1) is 27.1 Å². The molecule has 1 N–H and O–H groups in total. The summed E-state index contributed by atoms with van der Waals surface area (Å²) in [6.07, 6.45) is 0.00929. The number of hydrogen-bond acceptors (Lipinski definition) is 3. The van der Waals surface area contributed by atoms with Crippen LogP contribution in [0.4, 0.5) is 17.1 Å². The molecule has 1 aliphatic carbocycles. The number of nitrogens with one attached hydrogen (secondary N) is 1. The van der Waals surface area contributed by atoms with E-state index in [9.17, 15) is 0 Å². The Morgan fingerprint density at radius 3 is 2.04 bits per heavy atom. The van der Waals surface area contributed by atoms with Crippen molar-refractivity contribution < 1.29 is 0 Å². The molecule has 3 unspecified atom stereocenters. The second kappa shape index (κ2) is 10.7. The SMILES string of the molecule is CC1c2ccc3c(ccc4c5ccc6c7ccccc7sc6c5n(-c5ccc(N6c7ccccc7NC6c6ccccc6)cc5)c34)c2C(C)(C)C1C. The monoisotopic (exact) mass is 689 g/mol. The molecule has 52 heavy (non-hydrogen) atoms. The fraction of sp³-hybridized carbons (Fsp3) is 0.167. The zero-order valence-electron chi connectivity index (χ0n) is 29.8. The van der Waals surface area contributed by atoms with Crippen molar-refractivity contribution in [2.24, 2.45) is 5.92 Å². The Balaban J connectivity index is 1.19. The van der Waals surface area contributed by atoms with Gasteiger partial charge in [0, 0.05) is 43.0 Å². The predicted molar refractivity (Wildman–Crippen MR) is 223 cm³/mol. The molecule has 7 aromatic carbocycles. The van der Waals surface area contributed by atoms with Crippen LogP contribution in [-0.2, 0) is 5.41 Å². The van der Waals surface area contributed by atoms with Crippen LogP contribution in [0.25, 0.3) is 58.4 Å². The predicted octanol–water partition coefficient (Wildman–Crippen LogP) is 13.6. The van der Waals surface area contributed by atoms with Gasteiger partial charge in [-0.05, 0) is 81.8 Å². The third-order valence-electron chi connectivity index (χ3n) is 12.7. The van der Waals surface area contributed by atoms with E-state index in [1.165, 1.54) is 80.8 Å². The molecular formula is C48H39N3S. The highest BCUT2D eigenvalue weighted by atomic mass is 32.1. The van der Waals surface area contributed by atoms with E-state index in [4.69, 9.17) is 0 Å². The van der Waals surface area contributed by atoms with Crippen molar-refractivity contribution in [3.63, 3.8) is 0 Å². The second-order valence-electron chi connectivity index (χ2n) is 15.5. The van der Waals surface area contributed by atoms with E-state index in [-0.39, 0.29) is 11.6 Å². The zero-order valence-corrected chi connectivity index (χ0v) is 30.6. The number of para-hydroxylation sites is 2. The molecule has 0 fully saturated rings. The van der Waals surface area contributed by atoms with Crippen LogP contribution < -0.4 is 10.2 Å². The summed E-state index contributed by atoms with van der Waals surface area (Å²) in [7, 11) is 0. The largest absolute Gasteiger partial charge is 0.359 e. The summed E-state index contributed by atoms with van der Waals surface area (Å²) in [6.45, 7) is 9.75. The van der Waals surface area contributed by atoms with Crippen LogP contribution in [0.1, 0.15) is 56.5 Å². The van der Waals surface area contributed by atoms with Gasteiger partial charge in [0.15, 0.2) is 0 Å². The maximum Gasteiger partial charge on any atom is 0.130 e. The molecule has 2 aliphatic rings. The fourth-order valence-corrected chi connectivity index (χ4v) is 11.0. The maximum absolute atomic E-state index is 3.80. The van der Waals surface area contributed by atoms with Gasteiger partial charge in [-0.15, -0.1) is 11.3 Å². The van der Waals surface area contributed by atoms with Crippen molar-refractivity contribution in [1.29, 1.82) is 0 Å². The van der Waals surface area contributed by atoms with Crippen molar-refractivity contribution >= 4 is 81.1 Å². The fourth-order valence-electron chi connectivity index (χ4n) is 9.74. The minimum atomic E-state index is 0.00929. The van der Waals surface area contributed by atoms with Gasteiger partial charge < -0.3 is 14.8 Å². The summed E-state index contributed by atoms with van der Waals surface area (Å²) in [5, 5.41) is 11.8. The van der Waals surface area contributed by atoms with Crippen molar-refractivity contribution in [1.82, 2.24) is 4.57 Å². The lowest BCUT2D eigenvalue weighted by Gasteiger charge is -2.28. The van der Waals surface area contributed by atoms with Crippen LogP contribution in [-0.4, -0.2) is 4.57 Å². The molecule has 0 amide bonds. The summed E-state index contributed by atoms with van der Waals surface area (Å²) in [6, 6.07) is 52.0. The van der Waals surface area contributed by atoms with Gasteiger partial charge in [0.2, 0.25) is 0 Å². The summed E-state index contributed by atoms with van der Waals surface area (Å²) < 4.78 is 5.26. The number of anilines is 3. The Hall–Kier alpha value is -5.58. The topological polar surface area (TPSA) is 20.2 Å². The van der Waals surface area contributed by atoms with Crippen molar-refractivity contribution in [2.45, 2.75) is 45.2 Å². The van der Waals surface area contributed by atoms with Crippen molar-refractivity contribution in [2.75, 3.05) is 10.2 Å². The first-order valence-corrected chi connectivity index (χ1v) is 19.4. The summed E-state index contributed by atoms with van der Waals surface area (Å²) in [4.78, 5) is 2.44. The number of aromatic nitrogens is 1. The molecule has 0 radical (unpaired) electrons. The summed E-state index contributed by atoms with van der Waals surface area (Å²) in [5.41, 5.74) is 11.7. The van der Waals surface area contributed by atoms with Crippen LogP contribution in [0.5, 0.6) is 0 Å². The molecule has 3 nitrogen and oxygen atoms in total. The van der Waals surface area contributed by atoms with Gasteiger partial charge in [-0.2, -0.15) is 0 Å². The highest BCUT2D eigenvalue weighted by Crippen LogP contribution is 2.54. The number of hydrogen-bond donors (Lipinski definition) is 1. The van der Waals surface area contributed by atoms with Gasteiger partial charge in [0.1, 0.15) is 6.17 Å². The Morgan fingerprint density at radius 1 is 0.577 bits per heavy atom. The standard InChI is InChI=1S/C48H39N3S/c1-28-29(2)48(3,4)43-33(28)22-24-36-35(43)23-25-37-38-26-27-39-34-14-8-11-17-42(34)52-46(39)45(38)51(44(36)37)32-20-18-31(19-21-32)50-41-16-10-9-15-40(41)49-47(50)30-12-6-5-7-13-30/h5-29,47,49H,1-4H3. The average Bonchev–Trinajstić information content (AvgIpc) is 3.90. The van der Waals surface area contributed by atoms with Crippen molar-refractivity contribution in [3.8, 4) is 5.69 Å². The lowest BCUT2D eigenvalue weighted by molar-refractivity contribution is 0.343. The van der Waals surface area contributed by atoms with Crippen LogP contribution >= 0.6 is 11.3 Å². The lowest BCUT2D eigenvalue weighted by Crippen LogP contribution is -2.23. The molecule has 1 aliphatic heterocycles. The third-order valence-corrected chi connectivity index (χ3v) is 13.9. The maximum atomic E-state index is 3.80. The average molecular weight is 690 g/mol. The van der Waals surface area contributed by atoms with Gasteiger partial charge in [0.25, 0.3) is 0 Å². The first-order chi connectivity index (χ1) is 25.4. The quantitative estimate of drug-likeness (QED) is 0.199. The second-order valence-corrected chi connectivity index (χ2v) is 16.6. The molecule has 3 heterocycles. The number of nitrogens with zero attached hydrogens (tertiary/aromatic N) is 2. The number of thiophene rings is 1. The highest BCUT2D eigenvalue weighted by Gasteiger charge is 2.42. The zero-order chi connectivity index (χ0) is 34.9. The molecule has 2 aromatic heterocycles. The molecule has 0 saturated carbocycles. The molecule has 3 atom stereocenters. The number of benzene rings is 7. The van der Waals surface area contributed by atoms with Gasteiger partial charge in [-0.3, -0.25) is 0 Å². The van der Waals surface area contributed by atoms with E-state index >= 15 is 0 Å². The van der Waals surface area contributed by atoms with E-state index in [2.05, 4.69) is 182 Å². The summed E-state index contributed by atoms with van der Waals surface area (Å²) in [5.74, 6) is 1.11.